The number of benzene rings is 2. The fraction of sp³-hybridized carbons (Fsp3) is 0. The van der Waals surface area contributed by atoms with E-state index in [4.69, 9.17) is 23.2 Å². The predicted molar refractivity (Wildman–Crippen MR) is 80.5 cm³/mol. The van der Waals surface area contributed by atoms with Crippen LogP contribution in [0.4, 0.5) is 14.5 Å². The van der Waals surface area contributed by atoms with Crippen LogP contribution in [0.5, 0.6) is 0 Å². The first-order chi connectivity index (χ1) is 9.95. The van der Waals surface area contributed by atoms with Crippen molar-refractivity contribution in [3.63, 3.8) is 0 Å². The van der Waals surface area contributed by atoms with Crippen LogP contribution in [0, 0.1) is 11.6 Å². The molecule has 21 heavy (non-hydrogen) atoms. The van der Waals surface area contributed by atoms with Gasteiger partial charge in [0.05, 0.1) is 10.7 Å². The van der Waals surface area contributed by atoms with Crippen LogP contribution in [-0.4, -0.2) is 5.91 Å². The molecule has 108 valence electrons. The lowest BCUT2D eigenvalue weighted by Crippen LogP contribution is -2.08. The van der Waals surface area contributed by atoms with Gasteiger partial charge in [-0.2, -0.15) is 0 Å². The van der Waals surface area contributed by atoms with Gasteiger partial charge in [0, 0.05) is 11.1 Å². The standard InChI is InChI=1S/C15H9Cl2F2NO/c16-10-3-4-11(17)14(8-10)20-15(21)6-2-9-1-5-12(18)13(19)7-9/h1-8H,(H,20,21). The minimum absolute atomic E-state index is 0.342. The average molecular weight is 328 g/mol. The predicted octanol–water partition coefficient (Wildman–Crippen LogP) is 4.92. The van der Waals surface area contributed by atoms with E-state index < -0.39 is 17.5 Å². The van der Waals surface area contributed by atoms with Crippen LogP contribution in [0.3, 0.4) is 0 Å². The van der Waals surface area contributed by atoms with Crippen LogP contribution in [0.15, 0.2) is 42.5 Å². The molecule has 2 aromatic rings. The van der Waals surface area contributed by atoms with Gasteiger partial charge in [0.2, 0.25) is 5.91 Å². The highest BCUT2D eigenvalue weighted by Gasteiger charge is 2.05. The zero-order valence-corrected chi connectivity index (χ0v) is 12.1. The van der Waals surface area contributed by atoms with E-state index in [0.29, 0.717) is 21.3 Å². The highest BCUT2D eigenvalue weighted by atomic mass is 35.5. The van der Waals surface area contributed by atoms with E-state index in [2.05, 4.69) is 5.32 Å². The molecule has 0 aromatic heterocycles. The molecule has 0 bridgehead atoms. The molecule has 0 aliphatic rings. The Hall–Kier alpha value is -1.91. The minimum Gasteiger partial charge on any atom is -0.321 e. The van der Waals surface area contributed by atoms with Crippen LogP contribution in [0.2, 0.25) is 10.0 Å². The van der Waals surface area contributed by atoms with Gasteiger partial charge >= 0.3 is 0 Å². The summed E-state index contributed by atoms with van der Waals surface area (Å²) in [6.45, 7) is 0. The molecule has 0 atom stereocenters. The third-order valence-corrected chi connectivity index (χ3v) is 3.12. The summed E-state index contributed by atoms with van der Waals surface area (Å²) in [4.78, 5) is 11.7. The van der Waals surface area contributed by atoms with Gasteiger partial charge in [0.15, 0.2) is 11.6 Å². The molecular weight excluding hydrogens is 319 g/mol. The minimum atomic E-state index is -0.976. The molecule has 0 heterocycles. The molecule has 2 aromatic carbocycles. The first kappa shape index (κ1) is 15.5. The summed E-state index contributed by atoms with van der Waals surface area (Å²) < 4.78 is 25.8. The van der Waals surface area contributed by atoms with Crippen LogP contribution >= 0.6 is 23.2 Å². The highest BCUT2D eigenvalue weighted by Crippen LogP contribution is 2.25. The first-order valence-corrected chi connectivity index (χ1v) is 6.60. The van der Waals surface area contributed by atoms with Crippen molar-refractivity contribution in [3.05, 3.63) is 69.7 Å². The van der Waals surface area contributed by atoms with Crippen LogP contribution in [-0.2, 0) is 4.79 Å². The van der Waals surface area contributed by atoms with Crippen molar-refractivity contribution in [3.8, 4) is 0 Å². The number of carbonyl (C=O) groups is 1. The Balaban J connectivity index is 2.09. The van der Waals surface area contributed by atoms with Crippen LogP contribution < -0.4 is 5.32 Å². The lowest BCUT2D eigenvalue weighted by molar-refractivity contribution is -0.111. The summed E-state index contributed by atoms with van der Waals surface area (Å²) in [5.41, 5.74) is 0.727. The molecule has 0 aliphatic heterocycles. The van der Waals surface area contributed by atoms with Crippen molar-refractivity contribution in [2.45, 2.75) is 0 Å². The number of halogens is 4. The number of hydrogen-bond acceptors (Lipinski definition) is 1. The van der Waals surface area contributed by atoms with Crippen molar-refractivity contribution in [1.29, 1.82) is 0 Å². The normalized spacial score (nSPS) is 10.9. The monoisotopic (exact) mass is 327 g/mol. The van der Waals surface area contributed by atoms with E-state index in [9.17, 15) is 13.6 Å². The SMILES string of the molecule is O=C(C=Cc1ccc(F)c(F)c1)Nc1cc(Cl)ccc1Cl. The van der Waals surface area contributed by atoms with Gasteiger partial charge in [0.1, 0.15) is 0 Å². The summed E-state index contributed by atoms with van der Waals surface area (Å²) >= 11 is 11.7. The summed E-state index contributed by atoms with van der Waals surface area (Å²) in [6.07, 6.45) is 2.54. The zero-order chi connectivity index (χ0) is 15.4. The van der Waals surface area contributed by atoms with E-state index in [1.165, 1.54) is 24.3 Å². The lowest BCUT2D eigenvalue weighted by Gasteiger charge is -2.05. The maximum atomic E-state index is 13.0. The van der Waals surface area contributed by atoms with Gasteiger partial charge in [-0.15, -0.1) is 0 Å². The first-order valence-electron chi connectivity index (χ1n) is 5.85. The second-order valence-corrected chi connectivity index (χ2v) is 4.96. The van der Waals surface area contributed by atoms with Gasteiger partial charge in [-0.05, 0) is 42.0 Å². The van der Waals surface area contributed by atoms with E-state index in [1.54, 1.807) is 12.1 Å². The van der Waals surface area contributed by atoms with Gasteiger partial charge < -0.3 is 5.32 Å². The van der Waals surface area contributed by atoms with E-state index >= 15 is 0 Å². The number of hydrogen-bond donors (Lipinski definition) is 1. The zero-order valence-electron chi connectivity index (χ0n) is 10.5. The number of amides is 1. The highest BCUT2D eigenvalue weighted by molar-refractivity contribution is 6.35. The molecule has 1 N–H and O–H groups in total. The molecule has 0 spiro atoms. The Bertz CT molecular complexity index is 717. The molecule has 0 aliphatic carbocycles. The molecule has 0 saturated carbocycles. The summed E-state index contributed by atoms with van der Waals surface area (Å²) in [5, 5.41) is 3.31. The largest absolute Gasteiger partial charge is 0.321 e. The van der Waals surface area contributed by atoms with Crippen LogP contribution in [0.25, 0.3) is 6.08 Å². The molecule has 2 nitrogen and oxygen atoms in total. The number of rotatable bonds is 3. The van der Waals surface area contributed by atoms with Gasteiger partial charge in [-0.3, -0.25) is 4.79 Å². The Morgan fingerprint density at radius 3 is 2.52 bits per heavy atom. The van der Waals surface area contributed by atoms with Crippen molar-refractivity contribution < 1.29 is 13.6 Å². The maximum Gasteiger partial charge on any atom is 0.248 e. The Kier molecular flexibility index (Phi) is 4.94. The topological polar surface area (TPSA) is 29.1 Å². The molecule has 0 unspecified atom stereocenters. The number of anilines is 1. The fourth-order valence-corrected chi connectivity index (χ4v) is 1.89. The maximum absolute atomic E-state index is 13.0. The third kappa shape index (κ3) is 4.28. The van der Waals surface area contributed by atoms with Crippen molar-refractivity contribution in [2.75, 3.05) is 5.32 Å². The number of carbonyl (C=O) groups excluding carboxylic acids is 1. The molecule has 6 heteroatoms. The van der Waals surface area contributed by atoms with E-state index in [1.807, 2.05) is 0 Å². The Morgan fingerprint density at radius 1 is 1.05 bits per heavy atom. The molecule has 0 radical (unpaired) electrons. The van der Waals surface area contributed by atoms with E-state index in [0.717, 1.165) is 12.1 Å². The van der Waals surface area contributed by atoms with Crippen molar-refractivity contribution in [1.82, 2.24) is 0 Å². The number of nitrogens with one attached hydrogen (secondary N) is 1. The summed E-state index contributed by atoms with van der Waals surface area (Å²) in [7, 11) is 0. The van der Waals surface area contributed by atoms with Gasteiger partial charge in [0.25, 0.3) is 0 Å². The fourth-order valence-electron chi connectivity index (χ4n) is 1.56. The lowest BCUT2D eigenvalue weighted by atomic mass is 10.2. The second-order valence-electron chi connectivity index (χ2n) is 4.12. The summed E-state index contributed by atoms with van der Waals surface area (Å²) in [5.74, 6) is -2.39. The van der Waals surface area contributed by atoms with Gasteiger partial charge in [-0.25, -0.2) is 8.78 Å². The molecule has 0 saturated heterocycles. The smallest absolute Gasteiger partial charge is 0.248 e. The molecule has 1 amide bonds. The Labute approximate surface area is 130 Å². The molecule has 2 rings (SSSR count). The van der Waals surface area contributed by atoms with Crippen LogP contribution in [0.1, 0.15) is 5.56 Å². The average Bonchev–Trinajstić information content (AvgIpc) is 2.44. The van der Waals surface area contributed by atoms with Crippen molar-refractivity contribution >= 4 is 40.9 Å². The van der Waals surface area contributed by atoms with E-state index in [-0.39, 0.29) is 0 Å². The molecular formula is C15H9Cl2F2NO. The quantitative estimate of drug-likeness (QED) is 0.796. The van der Waals surface area contributed by atoms with Crippen molar-refractivity contribution in [2.24, 2.45) is 0 Å². The summed E-state index contributed by atoms with van der Waals surface area (Å²) in [6, 6.07) is 7.99. The van der Waals surface area contributed by atoms with Gasteiger partial charge in [-0.1, -0.05) is 29.3 Å². The Morgan fingerprint density at radius 2 is 1.81 bits per heavy atom. The second kappa shape index (κ2) is 6.70. The third-order valence-electron chi connectivity index (χ3n) is 2.56. The molecule has 0 fully saturated rings.